The minimum absolute atomic E-state index is 0.206. The molecule has 1 fully saturated rings. The van der Waals surface area contributed by atoms with Crippen molar-refractivity contribution in [2.24, 2.45) is 11.8 Å². The molecule has 0 aliphatic carbocycles. The summed E-state index contributed by atoms with van der Waals surface area (Å²) in [5, 5.41) is 21.7. The van der Waals surface area contributed by atoms with Gasteiger partial charge in [0.15, 0.2) is 0 Å². The van der Waals surface area contributed by atoms with Crippen LogP contribution in [0.2, 0.25) is 0 Å². The molecule has 14 heteroatoms. The first-order valence-corrected chi connectivity index (χ1v) is 19.7. The maximum absolute atomic E-state index is 13.2. The van der Waals surface area contributed by atoms with Crippen molar-refractivity contribution in [1.29, 1.82) is 0 Å². The number of carboxylic acid groups (broad SMARTS) is 1. The molecule has 1 saturated heterocycles. The SMILES string of the molecule is CCCCCCCCCCCCCCCC(=O)N[C@H](C(=O)NCC(=O)N[C@H](C(=O)N[C@@H](C)C(=O)N1CCC[C@H]1C(=O)NCC(=O)O)C(C)C)C(C)C. The topological polar surface area (TPSA) is 203 Å². The molecule has 1 rings (SSSR count). The van der Waals surface area contributed by atoms with Crippen LogP contribution >= 0.6 is 0 Å². The van der Waals surface area contributed by atoms with Crippen LogP contribution < -0.4 is 26.6 Å². The van der Waals surface area contributed by atoms with E-state index in [1.807, 2.05) is 13.8 Å². The number of carbonyl (C=O) groups is 7. The third-order valence-corrected chi connectivity index (χ3v) is 9.44. The van der Waals surface area contributed by atoms with Gasteiger partial charge in [0.2, 0.25) is 35.4 Å². The molecule has 4 atom stereocenters. The van der Waals surface area contributed by atoms with Gasteiger partial charge in [0.1, 0.15) is 30.7 Å². The van der Waals surface area contributed by atoms with Crippen molar-refractivity contribution in [2.45, 2.75) is 168 Å². The van der Waals surface area contributed by atoms with Crippen LogP contribution in [0.15, 0.2) is 0 Å². The lowest BCUT2D eigenvalue weighted by Crippen LogP contribution is -2.58. The van der Waals surface area contributed by atoms with Crippen LogP contribution in [0.4, 0.5) is 0 Å². The average Bonchev–Trinajstić information content (AvgIpc) is 3.59. The van der Waals surface area contributed by atoms with Crippen LogP contribution in [0.3, 0.4) is 0 Å². The number of unbranched alkanes of at least 4 members (excludes halogenated alkanes) is 12. The zero-order chi connectivity index (χ0) is 39.1. The standard InChI is InChI=1S/C38H68N6O8/c1-7-8-9-10-11-12-13-14-15-16-17-18-19-22-30(45)42-33(26(2)3)36(50)39-24-31(46)43-34(27(4)5)37(51)41-28(6)38(52)44-23-20-21-29(44)35(49)40-25-32(47)48/h26-29,33-34H,7-25H2,1-6H3,(H,39,50)(H,40,49)(H,41,51)(H,42,45)(H,43,46)(H,47,48)/t28-,29-,33-,34-/m0/s1. The molecular weight excluding hydrogens is 668 g/mol. The van der Waals surface area contributed by atoms with E-state index < -0.39 is 72.8 Å². The molecule has 0 aromatic carbocycles. The molecule has 6 amide bonds. The number of aliphatic carboxylic acids is 1. The Balaban J connectivity index is 2.47. The van der Waals surface area contributed by atoms with Gasteiger partial charge in [-0.2, -0.15) is 0 Å². The second kappa shape index (κ2) is 26.1. The number of nitrogens with zero attached hydrogens (tertiary/aromatic N) is 1. The van der Waals surface area contributed by atoms with Crippen LogP contribution in [0.25, 0.3) is 0 Å². The Hall–Kier alpha value is -3.71. The number of carboxylic acids is 1. The van der Waals surface area contributed by atoms with E-state index in [-0.39, 0.29) is 24.3 Å². The highest BCUT2D eigenvalue weighted by molar-refractivity contribution is 5.96. The third kappa shape index (κ3) is 18.7. The van der Waals surface area contributed by atoms with Gasteiger partial charge in [0.25, 0.3) is 0 Å². The molecule has 1 aliphatic heterocycles. The van der Waals surface area contributed by atoms with Gasteiger partial charge < -0.3 is 36.6 Å². The predicted molar refractivity (Wildman–Crippen MR) is 200 cm³/mol. The van der Waals surface area contributed by atoms with Crippen LogP contribution in [0.1, 0.15) is 144 Å². The predicted octanol–water partition coefficient (Wildman–Crippen LogP) is 3.56. The van der Waals surface area contributed by atoms with Crippen molar-refractivity contribution in [2.75, 3.05) is 19.6 Å². The quantitative estimate of drug-likeness (QED) is 0.0687. The summed E-state index contributed by atoms with van der Waals surface area (Å²) < 4.78 is 0. The van der Waals surface area contributed by atoms with E-state index in [4.69, 9.17) is 5.11 Å². The molecule has 0 spiro atoms. The fourth-order valence-electron chi connectivity index (χ4n) is 6.32. The summed E-state index contributed by atoms with van der Waals surface area (Å²) in [6.45, 7) is 10.1. The van der Waals surface area contributed by atoms with E-state index >= 15 is 0 Å². The molecule has 52 heavy (non-hydrogen) atoms. The van der Waals surface area contributed by atoms with Gasteiger partial charge in [-0.15, -0.1) is 0 Å². The van der Waals surface area contributed by atoms with E-state index in [1.54, 1.807) is 13.8 Å². The maximum atomic E-state index is 13.2. The molecule has 1 heterocycles. The summed E-state index contributed by atoms with van der Waals surface area (Å²) >= 11 is 0. The molecule has 0 aromatic heterocycles. The smallest absolute Gasteiger partial charge is 0.322 e. The first-order valence-electron chi connectivity index (χ1n) is 19.7. The van der Waals surface area contributed by atoms with Crippen LogP contribution in [0.5, 0.6) is 0 Å². The van der Waals surface area contributed by atoms with Crippen LogP contribution in [-0.4, -0.2) is 95.2 Å². The van der Waals surface area contributed by atoms with E-state index in [9.17, 15) is 33.6 Å². The number of hydrogen-bond donors (Lipinski definition) is 6. The Morgan fingerprint density at radius 3 is 1.65 bits per heavy atom. The molecule has 14 nitrogen and oxygen atoms in total. The van der Waals surface area contributed by atoms with Crippen molar-refractivity contribution in [3.63, 3.8) is 0 Å². The Kier molecular flexibility index (Phi) is 23.3. The monoisotopic (exact) mass is 737 g/mol. The van der Waals surface area contributed by atoms with Crippen molar-refractivity contribution in [3.8, 4) is 0 Å². The summed E-state index contributed by atoms with van der Waals surface area (Å²) in [5.41, 5.74) is 0. The number of hydrogen-bond acceptors (Lipinski definition) is 7. The fourth-order valence-corrected chi connectivity index (χ4v) is 6.32. The highest BCUT2D eigenvalue weighted by atomic mass is 16.4. The Morgan fingerprint density at radius 1 is 0.635 bits per heavy atom. The summed E-state index contributed by atoms with van der Waals surface area (Å²) in [6, 6.07) is -3.70. The van der Waals surface area contributed by atoms with E-state index in [2.05, 4.69) is 33.5 Å². The van der Waals surface area contributed by atoms with Crippen molar-refractivity contribution >= 4 is 41.4 Å². The first kappa shape index (κ1) is 46.3. The fraction of sp³-hybridized carbons (Fsp3) is 0.816. The van der Waals surface area contributed by atoms with E-state index in [0.29, 0.717) is 19.3 Å². The lowest BCUT2D eigenvalue weighted by molar-refractivity contribution is -0.142. The van der Waals surface area contributed by atoms with Crippen molar-refractivity contribution in [1.82, 2.24) is 31.5 Å². The number of likely N-dealkylation sites (tertiary alicyclic amines) is 1. The molecule has 6 N–H and O–H groups in total. The second-order valence-electron chi connectivity index (χ2n) is 14.8. The molecule has 0 radical (unpaired) electrons. The first-order chi connectivity index (χ1) is 24.7. The van der Waals surface area contributed by atoms with Gasteiger partial charge in [-0.05, 0) is 38.0 Å². The number of amides is 6. The molecule has 0 bridgehead atoms. The van der Waals surface area contributed by atoms with E-state index in [0.717, 1.165) is 19.3 Å². The molecule has 0 saturated carbocycles. The Morgan fingerprint density at radius 2 is 1.13 bits per heavy atom. The zero-order valence-electron chi connectivity index (χ0n) is 32.7. The molecule has 0 unspecified atom stereocenters. The highest BCUT2D eigenvalue weighted by Crippen LogP contribution is 2.19. The Labute approximate surface area is 311 Å². The summed E-state index contributed by atoms with van der Waals surface area (Å²) in [4.78, 5) is 89.3. The largest absolute Gasteiger partial charge is 0.480 e. The molecule has 298 valence electrons. The normalized spacial score (nSPS) is 15.8. The molecule has 0 aromatic rings. The molecule has 1 aliphatic rings. The zero-order valence-corrected chi connectivity index (χ0v) is 32.7. The summed E-state index contributed by atoms with van der Waals surface area (Å²) in [6.07, 6.45) is 17.0. The van der Waals surface area contributed by atoms with Gasteiger partial charge >= 0.3 is 5.97 Å². The van der Waals surface area contributed by atoms with E-state index in [1.165, 1.54) is 76.0 Å². The maximum Gasteiger partial charge on any atom is 0.322 e. The van der Waals surface area contributed by atoms with Crippen molar-refractivity contribution < 1.29 is 38.7 Å². The van der Waals surface area contributed by atoms with Gasteiger partial charge in [-0.3, -0.25) is 33.6 Å². The third-order valence-electron chi connectivity index (χ3n) is 9.44. The van der Waals surface area contributed by atoms with Crippen molar-refractivity contribution in [3.05, 3.63) is 0 Å². The molecular formula is C38H68N6O8. The average molecular weight is 737 g/mol. The lowest BCUT2D eigenvalue weighted by Gasteiger charge is -2.29. The highest BCUT2D eigenvalue weighted by Gasteiger charge is 2.37. The van der Waals surface area contributed by atoms with Gasteiger partial charge in [0.05, 0.1) is 6.54 Å². The van der Waals surface area contributed by atoms with Crippen LogP contribution in [-0.2, 0) is 33.6 Å². The summed E-state index contributed by atoms with van der Waals surface area (Å²) in [7, 11) is 0. The Bertz CT molecular complexity index is 1150. The number of rotatable bonds is 27. The lowest BCUT2D eigenvalue weighted by atomic mass is 10.0. The number of carbonyl (C=O) groups excluding carboxylic acids is 6. The number of nitrogens with one attached hydrogen (secondary N) is 5. The minimum Gasteiger partial charge on any atom is -0.480 e. The second-order valence-corrected chi connectivity index (χ2v) is 14.8. The van der Waals surface area contributed by atoms with Crippen LogP contribution in [0, 0.1) is 11.8 Å². The minimum atomic E-state index is -1.20. The van der Waals surface area contributed by atoms with Gasteiger partial charge in [-0.1, -0.05) is 112 Å². The van der Waals surface area contributed by atoms with Gasteiger partial charge in [0, 0.05) is 13.0 Å². The summed E-state index contributed by atoms with van der Waals surface area (Å²) in [5.74, 6) is -4.79. The van der Waals surface area contributed by atoms with Gasteiger partial charge in [-0.25, -0.2) is 0 Å².